The maximum atomic E-state index is 6.10. The van der Waals surface area contributed by atoms with Crippen molar-refractivity contribution in [2.24, 2.45) is 23.5 Å². The molecule has 2 nitrogen and oxygen atoms in total. The quantitative estimate of drug-likeness (QED) is 0.859. The summed E-state index contributed by atoms with van der Waals surface area (Å²) in [4.78, 5) is 2.75. The van der Waals surface area contributed by atoms with Gasteiger partial charge in [0.1, 0.15) is 0 Å². The Morgan fingerprint density at radius 3 is 2.11 bits per heavy atom. The Morgan fingerprint density at radius 2 is 1.67 bits per heavy atom. The molecule has 0 aromatic carbocycles. The summed E-state index contributed by atoms with van der Waals surface area (Å²) in [5.41, 5.74) is 13.3. The molecule has 18 heavy (non-hydrogen) atoms. The van der Waals surface area contributed by atoms with E-state index in [0.29, 0.717) is 12.0 Å². The number of anilines is 1. The van der Waals surface area contributed by atoms with Gasteiger partial charge in [0.15, 0.2) is 0 Å². The van der Waals surface area contributed by atoms with Crippen molar-refractivity contribution in [3.63, 3.8) is 0 Å². The third kappa shape index (κ3) is 1.50. The first-order chi connectivity index (χ1) is 8.68. The molecule has 5 rings (SSSR count). The Bertz CT molecular complexity index is 442. The first-order valence-corrected chi connectivity index (χ1v) is 8.09. The summed E-state index contributed by atoms with van der Waals surface area (Å²) in [6.07, 6.45) is 8.77. The number of rotatable bonds is 2. The molecule has 0 aliphatic heterocycles. The zero-order valence-electron chi connectivity index (χ0n) is 10.8. The van der Waals surface area contributed by atoms with Crippen molar-refractivity contribution < 1.29 is 0 Å². The highest BCUT2D eigenvalue weighted by atomic mass is 32.1. The number of hydrogen-bond donors (Lipinski definition) is 2. The van der Waals surface area contributed by atoms with Crippen LogP contribution in [-0.4, -0.2) is 0 Å². The zero-order chi connectivity index (χ0) is 12.3. The van der Waals surface area contributed by atoms with E-state index in [4.69, 9.17) is 11.5 Å². The van der Waals surface area contributed by atoms with Crippen LogP contribution in [0.15, 0.2) is 6.07 Å². The van der Waals surface area contributed by atoms with Crippen LogP contribution in [0, 0.1) is 17.8 Å². The predicted molar refractivity (Wildman–Crippen MR) is 76.5 cm³/mol. The molecule has 0 saturated heterocycles. The number of hydrogen-bond acceptors (Lipinski definition) is 3. The first-order valence-electron chi connectivity index (χ1n) is 7.27. The molecule has 4 aliphatic rings. The molecule has 1 aromatic heterocycles. The molecule has 1 aromatic rings. The fourth-order valence-electron chi connectivity index (χ4n) is 5.28. The van der Waals surface area contributed by atoms with Gasteiger partial charge >= 0.3 is 0 Å². The standard InChI is InChI=1S/C15H22N2S/c16-8-13-12(17)4-14(18-13)15-5-9-1-10(6-15)3-11(2-9)7-15/h4,9-11H,1-3,5-8,16-17H2. The van der Waals surface area contributed by atoms with Crippen molar-refractivity contribution in [2.75, 3.05) is 5.73 Å². The second-order valence-electron chi connectivity index (χ2n) is 6.89. The lowest BCUT2D eigenvalue weighted by atomic mass is 9.49. The summed E-state index contributed by atoms with van der Waals surface area (Å²) in [5.74, 6) is 3.00. The minimum Gasteiger partial charge on any atom is -0.398 e. The molecule has 0 atom stereocenters. The van der Waals surface area contributed by atoms with Gasteiger partial charge in [-0.15, -0.1) is 11.3 Å². The minimum atomic E-state index is 0.487. The molecule has 3 heteroatoms. The van der Waals surface area contributed by atoms with Crippen LogP contribution < -0.4 is 11.5 Å². The van der Waals surface area contributed by atoms with Gasteiger partial charge in [-0.2, -0.15) is 0 Å². The first kappa shape index (κ1) is 11.3. The summed E-state index contributed by atoms with van der Waals surface area (Å²) in [5, 5.41) is 0. The highest BCUT2D eigenvalue weighted by Crippen LogP contribution is 2.61. The van der Waals surface area contributed by atoms with Crippen molar-refractivity contribution in [3.8, 4) is 0 Å². The normalized spacial score (nSPS) is 41.5. The van der Waals surface area contributed by atoms with Crippen molar-refractivity contribution in [2.45, 2.75) is 50.5 Å². The third-order valence-corrected chi connectivity index (χ3v) is 7.01. The Balaban J connectivity index is 1.74. The summed E-state index contributed by atoms with van der Waals surface area (Å²) in [7, 11) is 0. The molecule has 0 radical (unpaired) electrons. The molecule has 4 aliphatic carbocycles. The zero-order valence-corrected chi connectivity index (χ0v) is 11.6. The van der Waals surface area contributed by atoms with Crippen LogP contribution in [0.4, 0.5) is 5.69 Å². The SMILES string of the molecule is NCc1sc(C23CC4CC(CC(C4)C2)C3)cc1N. The molecule has 4 N–H and O–H groups in total. The average Bonchev–Trinajstić information content (AvgIpc) is 2.69. The van der Waals surface area contributed by atoms with E-state index in [-0.39, 0.29) is 0 Å². The van der Waals surface area contributed by atoms with Gasteiger partial charge in [-0.3, -0.25) is 0 Å². The highest BCUT2D eigenvalue weighted by molar-refractivity contribution is 7.12. The maximum absolute atomic E-state index is 6.10. The largest absolute Gasteiger partial charge is 0.398 e. The van der Waals surface area contributed by atoms with E-state index < -0.39 is 0 Å². The van der Waals surface area contributed by atoms with E-state index in [1.54, 1.807) is 4.88 Å². The maximum Gasteiger partial charge on any atom is 0.0471 e. The van der Waals surface area contributed by atoms with E-state index in [2.05, 4.69) is 6.07 Å². The fraction of sp³-hybridized carbons (Fsp3) is 0.733. The number of thiophene rings is 1. The van der Waals surface area contributed by atoms with Gasteiger partial charge in [0.2, 0.25) is 0 Å². The summed E-state index contributed by atoms with van der Waals surface area (Å²) in [6.45, 7) is 0.600. The smallest absolute Gasteiger partial charge is 0.0471 e. The van der Waals surface area contributed by atoms with Gasteiger partial charge in [-0.05, 0) is 62.3 Å². The van der Waals surface area contributed by atoms with Crippen LogP contribution in [0.5, 0.6) is 0 Å². The van der Waals surface area contributed by atoms with Gasteiger partial charge in [-0.1, -0.05) is 0 Å². The fourth-order valence-corrected chi connectivity index (χ4v) is 6.45. The van der Waals surface area contributed by atoms with E-state index in [1.165, 1.54) is 43.4 Å². The summed E-state index contributed by atoms with van der Waals surface area (Å²) >= 11 is 1.90. The van der Waals surface area contributed by atoms with Crippen molar-refractivity contribution in [3.05, 3.63) is 15.8 Å². The summed E-state index contributed by atoms with van der Waals surface area (Å²) in [6, 6.07) is 2.25. The van der Waals surface area contributed by atoms with Crippen LogP contribution in [0.1, 0.15) is 48.3 Å². The van der Waals surface area contributed by atoms with Gasteiger partial charge in [0, 0.05) is 27.4 Å². The van der Waals surface area contributed by atoms with E-state index in [0.717, 1.165) is 23.4 Å². The third-order valence-electron chi connectivity index (χ3n) is 5.59. The molecule has 1 heterocycles. The molecule has 98 valence electrons. The number of nitrogens with two attached hydrogens (primary N) is 2. The Kier molecular flexibility index (Phi) is 2.34. The average molecular weight is 262 g/mol. The molecule has 0 amide bonds. The Morgan fingerprint density at radius 1 is 1.11 bits per heavy atom. The topological polar surface area (TPSA) is 52.0 Å². The Labute approximate surface area is 113 Å². The van der Waals surface area contributed by atoms with Crippen LogP contribution in [0.3, 0.4) is 0 Å². The van der Waals surface area contributed by atoms with Crippen LogP contribution in [0.25, 0.3) is 0 Å². The monoisotopic (exact) mass is 262 g/mol. The second kappa shape index (κ2) is 3.73. The van der Waals surface area contributed by atoms with Gasteiger partial charge in [0.05, 0.1) is 0 Å². The van der Waals surface area contributed by atoms with Gasteiger partial charge in [-0.25, -0.2) is 0 Å². The second-order valence-corrected chi connectivity index (χ2v) is 8.03. The minimum absolute atomic E-state index is 0.487. The van der Waals surface area contributed by atoms with Crippen LogP contribution in [-0.2, 0) is 12.0 Å². The molecular weight excluding hydrogens is 240 g/mol. The lowest BCUT2D eigenvalue weighted by Crippen LogP contribution is -2.48. The van der Waals surface area contributed by atoms with Crippen molar-refractivity contribution >= 4 is 17.0 Å². The number of nitrogen functional groups attached to an aromatic ring is 1. The highest BCUT2D eigenvalue weighted by Gasteiger charge is 2.52. The van der Waals surface area contributed by atoms with Gasteiger partial charge in [0.25, 0.3) is 0 Å². The van der Waals surface area contributed by atoms with Gasteiger partial charge < -0.3 is 11.5 Å². The lowest BCUT2D eigenvalue weighted by molar-refractivity contribution is -0.00345. The van der Waals surface area contributed by atoms with E-state index in [1.807, 2.05) is 11.3 Å². The molecule has 0 spiro atoms. The summed E-state index contributed by atoms with van der Waals surface area (Å²) < 4.78 is 0. The van der Waals surface area contributed by atoms with Crippen molar-refractivity contribution in [1.82, 2.24) is 0 Å². The molecular formula is C15H22N2S. The van der Waals surface area contributed by atoms with E-state index >= 15 is 0 Å². The van der Waals surface area contributed by atoms with Crippen molar-refractivity contribution in [1.29, 1.82) is 0 Å². The van der Waals surface area contributed by atoms with E-state index in [9.17, 15) is 0 Å². The van der Waals surface area contributed by atoms with Crippen LogP contribution >= 0.6 is 11.3 Å². The molecule has 4 bridgehead atoms. The van der Waals surface area contributed by atoms with Crippen LogP contribution in [0.2, 0.25) is 0 Å². The molecule has 4 fully saturated rings. The molecule has 4 saturated carbocycles. The predicted octanol–water partition coefficient (Wildman–Crippen LogP) is 3.26. The Hall–Kier alpha value is -0.540. The molecule has 0 unspecified atom stereocenters. The lowest BCUT2D eigenvalue weighted by Gasteiger charge is -2.56.